The highest BCUT2D eigenvalue weighted by molar-refractivity contribution is 6.05. The first-order valence-electron chi connectivity index (χ1n) is 12.9. The number of hydrogen-bond donors (Lipinski definition) is 0. The monoisotopic (exact) mass is 504 g/mol. The summed E-state index contributed by atoms with van der Waals surface area (Å²) in [6.45, 7) is 12.8. The topological polar surface area (TPSA) is 88.1 Å². The molecule has 0 aliphatic carbocycles. The second-order valence-corrected chi connectivity index (χ2v) is 7.99. The molecule has 0 N–H and O–H groups in total. The number of rotatable bonds is 17. The fourth-order valence-corrected chi connectivity index (χ4v) is 2.83. The Labute approximate surface area is 216 Å². The fraction of sp³-hybridized carbons (Fsp3) is 0.552. The van der Waals surface area contributed by atoms with Gasteiger partial charge in [-0.25, -0.2) is 14.4 Å². The number of carbonyl (C=O) groups is 3. The van der Waals surface area contributed by atoms with Gasteiger partial charge in [-0.15, -0.1) is 0 Å². The van der Waals surface area contributed by atoms with E-state index in [0.717, 1.165) is 44.9 Å². The van der Waals surface area contributed by atoms with Crippen LogP contribution in [0, 0.1) is 0 Å². The molecule has 7 nitrogen and oxygen atoms in total. The molecular weight excluding hydrogens is 460 g/mol. The minimum Gasteiger partial charge on any atom is -0.502 e. The molecule has 7 heteroatoms. The second kappa shape index (κ2) is 22.4. The van der Waals surface area contributed by atoms with Crippen LogP contribution in [0.1, 0.15) is 110 Å². The predicted molar refractivity (Wildman–Crippen MR) is 142 cm³/mol. The van der Waals surface area contributed by atoms with Crippen LogP contribution in [0.4, 0.5) is 0 Å². The summed E-state index contributed by atoms with van der Waals surface area (Å²) in [5.41, 5.74) is 0.270. The van der Waals surface area contributed by atoms with E-state index >= 15 is 0 Å². The van der Waals surface area contributed by atoms with Crippen LogP contribution in [-0.4, -0.2) is 44.3 Å². The maximum absolute atomic E-state index is 12.6. The molecule has 1 rings (SSSR count). The molecule has 0 aromatic heterocycles. The minimum absolute atomic E-state index is 0.0100. The molecule has 0 atom stereocenters. The van der Waals surface area contributed by atoms with E-state index in [4.69, 9.17) is 18.9 Å². The molecule has 0 saturated heterocycles. The summed E-state index contributed by atoms with van der Waals surface area (Å²) in [4.78, 5) is 37.6. The summed E-state index contributed by atoms with van der Waals surface area (Å²) in [6.07, 6.45) is 12.1. The van der Waals surface area contributed by atoms with Crippen molar-refractivity contribution < 1.29 is 33.3 Å². The molecule has 36 heavy (non-hydrogen) atoms. The van der Waals surface area contributed by atoms with E-state index < -0.39 is 17.9 Å². The Bertz CT molecular complexity index is 795. The molecule has 0 amide bonds. The zero-order valence-electron chi connectivity index (χ0n) is 22.5. The van der Waals surface area contributed by atoms with Gasteiger partial charge < -0.3 is 18.9 Å². The molecule has 0 heterocycles. The molecule has 0 bridgehead atoms. The smallest absolute Gasteiger partial charge is 0.339 e. The van der Waals surface area contributed by atoms with E-state index in [2.05, 4.69) is 20.4 Å². The fourth-order valence-electron chi connectivity index (χ4n) is 2.83. The average molecular weight is 505 g/mol. The van der Waals surface area contributed by atoms with Crippen molar-refractivity contribution in [3.63, 3.8) is 0 Å². The van der Waals surface area contributed by atoms with E-state index in [1.165, 1.54) is 24.5 Å². The molecule has 1 aromatic carbocycles. The number of unbranched alkanes of at least 4 members (excludes halogenated alkanes) is 5. The first-order chi connectivity index (χ1) is 17.5. The summed E-state index contributed by atoms with van der Waals surface area (Å²) in [5, 5.41) is 0. The predicted octanol–water partition coefficient (Wildman–Crippen LogP) is 7.06. The molecule has 0 radical (unpaired) electrons. The van der Waals surface area contributed by atoms with Gasteiger partial charge in [0.05, 0.1) is 49.4 Å². The molecule has 0 unspecified atom stereocenters. The van der Waals surface area contributed by atoms with Gasteiger partial charge in [-0.3, -0.25) is 0 Å². The van der Waals surface area contributed by atoms with Crippen molar-refractivity contribution in [2.45, 2.75) is 79.1 Å². The Hall–Kier alpha value is -3.09. The molecule has 0 aliphatic heterocycles. The molecule has 0 aliphatic rings. The maximum atomic E-state index is 12.6. The van der Waals surface area contributed by atoms with E-state index in [0.29, 0.717) is 13.0 Å². The zero-order chi connectivity index (χ0) is 27.0. The highest BCUT2D eigenvalue weighted by atomic mass is 16.5. The van der Waals surface area contributed by atoms with Crippen LogP contribution in [0.5, 0.6) is 0 Å². The first kappa shape index (κ1) is 32.9. The van der Waals surface area contributed by atoms with Crippen molar-refractivity contribution in [3.05, 3.63) is 59.9 Å². The number of hydrogen-bond acceptors (Lipinski definition) is 7. The lowest BCUT2D eigenvalue weighted by atomic mass is 10.0. The SMILES string of the molecule is C/C=C\C.C=COCCCCOC(=O)c1ccc(C(=O)OCCCCC)c(C(=O)OCCCCC)c1. The third-order valence-corrected chi connectivity index (χ3v) is 5.00. The van der Waals surface area contributed by atoms with Crippen molar-refractivity contribution in [1.29, 1.82) is 0 Å². The second-order valence-electron chi connectivity index (χ2n) is 7.99. The summed E-state index contributed by atoms with van der Waals surface area (Å²) in [5.74, 6) is -1.83. The van der Waals surface area contributed by atoms with Crippen molar-refractivity contribution >= 4 is 17.9 Å². The van der Waals surface area contributed by atoms with E-state index in [1.54, 1.807) is 0 Å². The van der Waals surface area contributed by atoms with Gasteiger partial charge in [0.2, 0.25) is 0 Å². The molecular formula is C29H44O7. The summed E-state index contributed by atoms with van der Waals surface area (Å²) >= 11 is 0. The Morgan fingerprint density at radius 3 is 1.67 bits per heavy atom. The van der Waals surface area contributed by atoms with Gasteiger partial charge in [-0.1, -0.05) is 58.3 Å². The van der Waals surface area contributed by atoms with E-state index in [1.807, 2.05) is 26.0 Å². The van der Waals surface area contributed by atoms with Gasteiger partial charge in [0, 0.05) is 0 Å². The summed E-state index contributed by atoms with van der Waals surface area (Å²) < 4.78 is 20.9. The number of carbonyl (C=O) groups excluding carboxylic acids is 3. The van der Waals surface area contributed by atoms with Crippen molar-refractivity contribution in [1.82, 2.24) is 0 Å². The zero-order valence-corrected chi connectivity index (χ0v) is 22.5. The lowest BCUT2D eigenvalue weighted by molar-refractivity contribution is 0.0448. The van der Waals surface area contributed by atoms with Gasteiger partial charge in [0.15, 0.2) is 0 Å². The number of allylic oxidation sites excluding steroid dienone is 2. The largest absolute Gasteiger partial charge is 0.502 e. The van der Waals surface area contributed by atoms with Crippen LogP contribution in [0.15, 0.2) is 43.2 Å². The lowest BCUT2D eigenvalue weighted by Crippen LogP contribution is -2.17. The third-order valence-electron chi connectivity index (χ3n) is 5.00. The molecule has 202 valence electrons. The molecule has 1 aromatic rings. The van der Waals surface area contributed by atoms with Gasteiger partial charge in [-0.05, 0) is 57.7 Å². The summed E-state index contributed by atoms with van der Waals surface area (Å²) in [7, 11) is 0. The summed E-state index contributed by atoms with van der Waals surface area (Å²) in [6, 6.07) is 4.22. The van der Waals surface area contributed by atoms with Gasteiger partial charge in [0.25, 0.3) is 0 Å². The maximum Gasteiger partial charge on any atom is 0.339 e. The highest BCUT2D eigenvalue weighted by Gasteiger charge is 2.22. The standard InChI is InChI=1S/C25H36O7.C4H8/c1-4-7-9-16-31-24(27)21-14-13-20(23(26)30-18-12-11-15-29-6-3)19-22(21)25(28)32-17-10-8-5-2;1-3-4-2/h6,13-14,19H,3-5,7-12,15-18H2,1-2H3;3-4H,1-2H3/b;4-3-. The van der Waals surface area contributed by atoms with Crippen LogP contribution >= 0.6 is 0 Å². The van der Waals surface area contributed by atoms with Crippen molar-refractivity contribution in [3.8, 4) is 0 Å². The molecule has 0 saturated carbocycles. The quantitative estimate of drug-likeness (QED) is 0.0737. The van der Waals surface area contributed by atoms with Gasteiger partial charge in [0.1, 0.15) is 0 Å². The first-order valence-corrected chi connectivity index (χ1v) is 12.9. The number of benzene rings is 1. The Morgan fingerprint density at radius 1 is 0.694 bits per heavy atom. The normalized spacial score (nSPS) is 10.2. The van der Waals surface area contributed by atoms with Crippen LogP contribution in [0.25, 0.3) is 0 Å². The van der Waals surface area contributed by atoms with Crippen LogP contribution < -0.4 is 0 Å². The Kier molecular flexibility index (Phi) is 20.5. The van der Waals surface area contributed by atoms with Crippen molar-refractivity contribution in [2.75, 3.05) is 26.4 Å². The van der Waals surface area contributed by atoms with E-state index in [-0.39, 0.29) is 36.5 Å². The average Bonchev–Trinajstić information content (AvgIpc) is 2.90. The minimum atomic E-state index is -0.655. The number of ether oxygens (including phenoxy) is 4. The van der Waals surface area contributed by atoms with Gasteiger partial charge in [-0.2, -0.15) is 0 Å². The third kappa shape index (κ3) is 15.0. The molecule has 0 spiro atoms. The van der Waals surface area contributed by atoms with Crippen LogP contribution in [0.3, 0.4) is 0 Å². The highest BCUT2D eigenvalue weighted by Crippen LogP contribution is 2.17. The van der Waals surface area contributed by atoms with E-state index in [9.17, 15) is 14.4 Å². The lowest BCUT2D eigenvalue weighted by Gasteiger charge is -2.12. The Balaban J connectivity index is 0.00000283. The van der Waals surface area contributed by atoms with Gasteiger partial charge >= 0.3 is 17.9 Å². The van der Waals surface area contributed by atoms with Crippen molar-refractivity contribution in [2.24, 2.45) is 0 Å². The molecule has 0 fully saturated rings. The van der Waals surface area contributed by atoms with Crippen LogP contribution in [0.2, 0.25) is 0 Å². The van der Waals surface area contributed by atoms with Crippen LogP contribution in [-0.2, 0) is 18.9 Å². The Morgan fingerprint density at radius 2 is 1.17 bits per heavy atom. The number of esters is 3.